The highest BCUT2D eigenvalue weighted by atomic mass is 15.8. The van der Waals surface area contributed by atoms with Gasteiger partial charge in [0.1, 0.15) is 0 Å². The predicted octanol–water partition coefficient (Wildman–Crippen LogP) is -1.02. The summed E-state index contributed by atoms with van der Waals surface area (Å²) in [6.45, 7) is 2.30. The lowest BCUT2D eigenvalue weighted by Gasteiger charge is -2.38. The average Bonchev–Trinajstić information content (AvgIpc) is 1.88. The van der Waals surface area contributed by atoms with Gasteiger partial charge in [0.15, 0.2) is 0 Å². The van der Waals surface area contributed by atoms with Gasteiger partial charge < -0.3 is 0 Å². The molecule has 2 aliphatic rings. The second-order valence-electron chi connectivity index (χ2n) is 2.67. The van der Waals surface area contributed by atoms with Crippen molar-refractivity contribution in [3.05, 3.63) is 0 Å². The number of nitrogens with zero attached hydrogens (tertiary/aromatic N) is 1. The number of rotatable bonds is 0. The number of fused-ring (bicyclic) bond motifs is 2. The molecule has 2 unspecified atom stereocenters. The van der Waals surface area contributed by atoms with Gasteiger partial charge in [-0.2, -0.15) is 11.1 Å². The molecule has 2 saturated heterocycles. The summed E-state index contributed by atoms with van der Waals surface area (Å²) in [6.07, 6.45) is 2.59. The van der Waals surface area contributed by atoms with Gasteiger partial charge in [-0.15, -0.1) is 0 Å². The Hall–Kier alpha value is -0.160. The molecule has 3 N–H and O–H groups in total. The van der Waals surface area contributed by atoms with Crippen molar-refractivity contribution < 1.29 is 0 Å². The zero-order valence-corrected chi connectivity index (χ0v) is 5.35. The first-order valence-corrected chi connectivity index (χ1v) is 3.46. The molecular weight excluding hydrogens is 116 g/mol. The summed E-state index contributed by atoms with van der Waals surface area (Å²) in [5.74, 6) is 0. The van der Waals surface area contributed by atoms with Crippen LogP contribution in [0.2, 0.25) is 0 Å². The lowest BCUT2D eigenvalue weighted by Crippen LogP contribution is -2.67. The highest BCUT2D eigenvalue weighted by molar-refractivity contribution is 4.76. The van der Waals surface area contributed by atoms with Crippen molar-refractivity contribution in [3.8, 4) is 0 Å². The van der Waals surface area contributed by atoms with Gasteiger partial charge in [-0.25, -0.2) is 10.4 Å². The van der Waals surface area contributed by atoms with E-state index in [-0.39, 0.29) is 0 Å². The smallest absolute Gasteiger partial charge is 0.0368 e. The van der Waals surface area contributed by atoms with Crippen LogP contribution in [-0.2, 0) is 0 Å². The van der Waals surface area contributed by atoms with Gasteiger partial charge >= 0.3 is 0 Å². The first-order chi connectivity index (χ1) is 4.45. The third-order valence-corrected chi connectivity index (χ3v) is 1.91. The van der Waals surface area contributed by atoms with Crippen molar-refractivity contribution in [1.29, 1.82) is 0 Å². The molecule has 2 fully saturated rings. The fourth-order valence-electron chi connectivity index (χ4n) is 1.41. The number of nitrogens with one attached hydrogen (secondary N) is 3. The van der Waals surface area contributed by atoms with Crippen LogP contribution in [0.4, 0.5) is 0 Å². The third-order valence-electron chi connectivity index (χ3n) is 1.91. The maximum Gasteiger partial charge on any atom is 0.0368 e. The highest BCUT2D eigenvalue weighted by Gasteiger charge is 2.22. The Balaban J connectivity index is 1.96. The molecule has 0 saturated carbocycles. The summed E-state index contributed by atoms with van der Waals surface area (Å²) in [4.78, 5) is 0. The van der Waals surface area contributed by atoms with Crippen LogP contribution in [0.25, 0.3) is 0 Å². The topological polar surface area (TPSA) is 39.3 Å². The van der Waals surface area contributed by atoms with E-state index in [4.69, 9.17) is 0 Å². The summed E-state index contributed by atoms with van der Waals surface area (Å²) in [7, 11) is 0. The van der Waals surface area contributed by atoms with Crippen molar-refractivity contribution in [2.75, 3.05) is 13.1 Å². The van der Waals surface area contributed by atoms with Gasteiger partial charge in [-0.05, 0) is 12.8 Å². The molecule has 0 aliphatic carbocycles. The SMILES string of the molecule is C1CC2CN(C1)NNN2. The Kier molecular flexibility index (Phi) is 1.39. The average molecular weight is 128 g/mol. The number of hydrazine groups is 3. The minimum atomic E-state index is 0.653. The molecule has 0 amide bonds. The van der Waals surface area contributed by atoms with Gasteiger partial charge in [0.2, 0.25) is 0 Å². The maximum atomic E-state index is 3.15. The van der Waals surface area contributed by atoms with E-state index in [9.17, 15) is 0 Å². The Morgan fingerprint density at radius 3 is 3.22 bits per heavy atom. The first kappa shape index (κ1) is 5.61. The van der Waals surface area contributed by atoms with E-state index in [1.165, 1.54) is 19.4 Å². The zero-order chi connectivity index (χ0) is 6.10. The molecule has 52 valence electrons. The van der Waals surface area contributed by atoms with E-state index in [0.717, 1.165) is 6.54 Å². The molecule has 2 atom stereocenters. The van der Waals surface area contributed by atoms with E-state index >= 15 is 0 Å². The Morgan fingerprint density at radius 1 is 1.44 bits per heavy atom. The summed E-state index contributed by atoms with van der Waals surface area (Å²) >= 11 is 0. The van der Waals surface area contributed by atoms with Crippen LogP contribution < -0.4 is 16.5 Å². The fourth-order valence-corrected chi connectivity index (χ4v) is 1.41. The summed E-state index contributed by atoms with van der Waals surface area (Å²) in [6, 6.07) is 0.653. The molecule has 0 radical (unpaired) electrons. The van der Waals surface area contributed by atoms with E-state index < -0.39 is 0 Å². The number of piperidine rings is 1. The monoisotopic (exact) mass is 128 g/mol. The molecule has 9 heavy (non-hydrogen) atoms. The molecule has 0 aromatic rings. The predicted molar refractivity (Wildman–Crippen MR) is 34.0 cm³/mol. The van der Waals surface area contributed by atoms with Crippen LogP contribution >= 0.6 is 0 Å². The van der Waals surface area contributed by atoms with Gasteiger partial charge in [-0.1, -0.05) is 0 Å². The Morgan fingerprint density at radius 2 is 2.44 bits per heavy atom. The fraction of sp³-hybridized carbons (Fsp3) is 1.00. The van der Waals surface area contributed by atoms with E-state index in [2.05, 4.69) is 21.5 Å². The molecule has 0 aromatic heterocycles. The highest BCUT2D eigenvalue weighted by Crippen LogP contribution is 2.08. The Labute approximate surface area is 54.5 Å². The molecule has 2 rings (SSSR count). The quantitative estimate of drug-likeness (QED) is 0.390. The second-order valence-corrected chi connectivity index (χ2v) is 2.67. The van der Waals surface area contributed by atoms with Gasteiger partial charge in [0.05, 0.1) is 0 Å². The van der Waals surface area contributed by atoms with Crippen LogP contribution in [0.1, 0.15) is 12.8 Å². The lowest BCUT2D eigenvalue weighted by atomic mass is 10.1. The van der Waals surface area contributed by atoms with Gasteiger partial charge in [0.25, 0.3) is 0 Å². The molecule has 2 bridgehead atoms. The third kappa shape index (κ3) is 1.07. The minimum Gasteiger partial charge on any atom is -0.239 e. The van der Waals surface area contributed by atoms with Crippen molar-refractivity contribution in [1.82, 2.24) is 21.5 Å². The van der Waals surface area contributed by atoms with Crippen LogP contribution in [0.3, 0.4) is 0 Å². The summed E-state index contributed by atoms with van der Waals surface area (Å²) < 4.78 is 0. The molecule has 0 spiro atoms. The lowest BCUT2D eigenvalue weighted by molar-refractivity contribution is 0.0341. The van der Waals surface area contributed by atoms with Crippen LogP contribution in [-0.4, -0.2) is 24.1 Å². The largest absolute Gasteiger partial charge is 0.239 e. The Bertz CT molecular complexity index is 85.1. The molecular formula is C5H12N4. The maximum absolute atomic E-state index is 3.15. The summed E-state index contributed by atoms with van der Waals surface area (Å²) in [5, 5.41) is 2.20. The van der Waals surface area contributed by atoms with Crippen molar-refractivity contribution >= 4 is 0 Å². The minimum absolute atomic E-state index is 0.653. The van der Waals surface area contributed by atoms with Crippen LogP contribution in [0, 0.1) is 0 Å². The van der Waals surface area contributed by atoms with Crippen molar-refractivity contribution in [2.24, 2.45) is 0 Å². The van der Waals surface area contributed by atoms with Crippen LogP contribution in [0.5, 0.6) is 0 Å². The molecule has 2 heterocycles. The second kappa shape index (κ2) is 2.22. The standard InChI is InChI=1S/C5H12N4/c1-2-5-4-9(3-1)8-7-6-5/h5-8H,1-4H2. The molecule has 4 heteroatoms. The van der Waals surface area contributed by atoms with Crippen molar-refractivity contribution in [3.63, 3.8) is 0 Å². The zero-order valence-electron chi connectivity index (χ0n) is 5.35. The van der Waals surface area contributed by atoms with Crippen LogP contribution in [0.15, 0.2) is 0 Å². The molecule has 0 aromatic carbocycles. The van der Waals surface area contributed by atoms with Crippen molar-refractivity contribution in [2.45, 2.75) is 18.9 Å². The summed E-state index contributed by atoms with van der Waals surface area (Å²) in [5.41, 5.74) is 9.08. The molecule has 2 aliphatic heterocycles. The van der Waals surface area contributed by atoms with Gasteiger partial charge in [0, 0.05) is 19.1 Å². The van der Waals surface area contributed by atoms with E-state index in [1.807, 2.05) is 0 Å². The molecule has 4 nitrogen and oxygen atoms in total. The number of hydrogen-bond acceptors (Lipinski definition) is 4. The first-order valence-electron chi connectivity index (χ1n) is 3.46. The van der Waals surface area contributed by atoms with Gasteiger partial charge in [-0.3, -0.25) is 0 Å². The number of hydrogen-bond donors (Lipinski definition) is 3. The van der Waals surface area contributed by atoms with E-state index in [1.54, 1.807) is 0 Å². The normalized spacial score (nSPS) is 42.7. The van der Waals surface area contributed by atoms with E-state index in [0.29, 0.717) is 6.04 Å².